The number of alkyl halides is 5. The molecule has 66 valence electrons. The molecule has 0 atom stereocenters. The van der Waals surface area contributed by atoms with E-state index in [-0.39, 0.29) is 0 Å². The van der Waals surface area contributed by atoms with Gasteiger partial charge in [-0.1, -0.05) is 0 Å². The van der Waals surface area contributed by atoms with E-state index in [1.165, 1.54) is 0 Å². The minimum Gasteiger partial charge on any atom is -0.317 e. The first-order chi connectivity index (χ1) is 4.66. The highest BCUT2D eigenvalue weighted by atomic mass is 19.4. The van der Waals surface area contributed by atoms with E-state index in [2.05, 4.69) is 5.73 Å². The van der Waals surface area contributed by atoms with Crippen LogP contribution in [0, 0.1) is 0 Å². The van der Waals surface area contributed by atoms with Gasteiger partial charge in [0, 0.05) is 12.8 Å². The van der Waals surface area contributed by atoms with Crippen LogP contribution in [0.3, 0.4) is 0 Å². The third-order valence-corrected chi connectivity index (χ3v) is 1.71. The molecule has 0 spiro atoms. The fourth-order valence-corrected chi connectivity index (χ4v) is 1.07. The zero-order valence-electron chi connectivity index (χ0n) is 5.38. The highest BCUT2D eigenvalue weighted by Crippen LogP contribution is 2.51. The maximum Gasteiger partial charge on any atom is 0.406 e. The van der Waals surface area contributed by atoms with Crippen LogP contribution in [0.4, 0.5) is 22.0 Å². The van der Waals surface area contributed by atoms with Crippen LogP contribution >= 0.6 is 0 Å². The number of hydrogen-bond donors (Lipinski definition) is 1. The molecule has 0 aliphatic heterocycles. The molecular formula is C5H6F5N. The van der Waals surface area contributed by atoms with Gasteiger partial charge in [0.2, 0.25) is 0 Å². The SMILES string of the molecule is NC1(C(F)(F)F)CC(F)(F)C1. The van der Waals surface area contributed by atoms with Crippen molar-refractivity contribution in [2.75, 3.05) is 0 Å². The van der Waals surface area contributed by atoms with Crippen molar-refractivity contribution < 1.29 is 22.0 Å². The number of rotatable bonds is 0. The summed E-state index contributed by atoms with van der Waals surface area (Å²) in [6.45, 7) is 0. The minimum atomic E-state index is -4.71. The van der Waals surface area contributed by atoms with Crippen molar-refractivity contribution in [2.45, 2.75) is 30.5 Å². The van der Waals surface area contributed by atoms with Crippen LogP contribution in [0.25, 0.3) is 0 Å². The predicted octanol–water partition coefficient (Wildman–Crippen LogP) is 1.68. The van der Waals surface area contributed by atoms with E-state index in [0.717, 1.165) is 0 Å². The van der Waals surface area contributed by atoms with Crippen molar-refractivity contribution in [1.82, 2.24) is 0 Å². The molecular weight excluding hydrogens is 169 g/mol. The molecule has 1 aliphatic rings. The Bertz CT molecular complexity index is 164. The van der Waals surface area contributed by atoms with Gasteiger partial charge >= 0.3 is 6.18 Å². The first-order valence-electron chi connectivity index (χ1n) is 2.90. The highest BCUT2D eigenvalue weighted by molar-refractivity contribution is 5.08. The molecule has 1 saturated carbocycles. The summed E-state index contributed by atoms with van der Waals surface area (Å²) >= 11 is 0. The lowest BCUT2D eigenvalue weighted by molar-refractivity contribution is -0.263. The van der Waals surface area contributed by atoms with Gasteiger partial charge < -0.3 is 5.73 Å². The number of nitrogens with two attached hydrogens (primary N) is 1. The van der Waals surface area contributed by atoms with E-state index in [1.54, 1.807) is 0 Å². The molecule has 0 aromatic heterocycles. The van der Waals surface area contributed by atoms with Crippen molar-refractivity contribution in [3.05, 3.63) is 0 Å². The summed E-state index contributed by atoms with van der Waals surface area (Å²) in [6.07, 6.45) is -7.29. The summed E-state index contributed by atoms with van der Waals surface area (Å²) in [5.74, 6) is -3.23. The van der Waals surface area contributed by atoms with Gasteiger partial charge in [-0.2, -0.15) is 13.2 Å². The Morgan fingerprint density at radius 2 is 1.45 bits per heavy atom. The van der Waals surface area contributed by atoms with Crippen molar-refractivity contribution in [1.29, 1.82) is 0 Å². The van der Waals surface area contributed by atoms with E-state index < -0.39 is 30.5 Å². The Kier molecular flexibility index (Phi) is 1.47. The normalized spacial score (nSPS) is 27.8. The Morgan fingerprint density at radius 3 is 1.55 bits per heavy atom. The van der Waals surface area contributed by atoms with Crippen molar-refractivity contribution in [2.24, 2.45) is 5.73 Å². The van der Waals surface area contributed by atoms with Gasteiger partial charge in [-0.05, 0) is 0 Å². The van der Waals surface area contributed by atoms with Gasteiger partial charge in [-0.25, -0.2) is 8.78 Å². The second-order valence-corrected chi connectivity index (χ2v) is 2.86. The molecule has 0 aromatic carbocycles. The second-order valence-electron chi connectivity index (χ2n) is 2.86. The summed E-state index contributed by atoms with van der Waals surface area (Å²) in [6, 6.07) is 0. The zero-order chi connectivity index (χ0) is 8.91. The molecule has 0 radical (unpaired) electrons. The van der Waals surface area contributed by atoms with Crippen LogP contribution in [0.2, 0.25) is 0 Å². The van der Waals surface area contributed by atoms with Crippen molar-refractivity contribution in [3.8, 4) is 0 Å². The van der Waals surface area contributed by atoms with Crippen molar-refractivity contribution in [3.63, 3.8) is 0 Å². The molecule has 2 N–H and O–H groups in total. The van der Waals surface area contributed by atoms with E-state index in [1.807, 2.05) is 0 Å². The molecule has 6 heteroatoms. The molecule has 0 aromatic rings. The molecule has 0 heterocycles. The minimum absolute atomic E-state index is 1.29. The average molecular weight is 175 g/mol. The second kappa shape index (κ2) is 1.85. The molecule has 0 unspecified atom stereocenters. The monoisotopic (exact) mass is 175 g/mol. The van der Waals surface area contributed by atoms with E-state index in [4.69, 9.17) is 0 Å². The molecule has 0 saturated heterocycles. The summed E-state index contributed by atoms with van der Waals surface area (Å²) in [4.78, 5) is 0. The summed E-state index contributed by atoms with van der Waals surface area (Å²) < 4.78 is 59.3. The fourth-order valence-electron chi connectivity index (χ4n) is 1.07. The molecule has 11 heavy (non-hydrogen) atoms. The van der Waals surface area contributed by atoms with Crippen molar-refractivity contribution >= 4 is 0 Å². The van der Waals surface area contributed by atoms with Gasteiger partial charge in [-0.15, -0.1) is 0 Å². The summed E-state index contributed by atoms with van der Waals surface area (Å²) in [5.41, 5.74) is 1.99. The van der Waals surface area contributed by atoms with Crippen LogP contribution in [0.5, 0.6) is 0 Å². The van der Waals surface area contributed by atoms with E-state index in [9.17, 15) is 22.0 Å². The molecule has 0 amide bonds. The van der Waals surface area contributed by atoms with Crippen LogP contribution in [-0.2, 0) is 0 Å². The average Bonchev–Trinajstić information content (AvgIpc) is 1.55. The third-order valence-electron chi connectivity index (χ3n) is 1.71. The lowest BCUT2D eigenvalue weighted by Gasteiger charge is -2.45. The van der Waals surface area contributed by atoms with Gasteiger partial charge in [0.05, 0.1) is 0 Å². The van der Waals surface area contributed by atoms with Gasteiger partial charge in [0.15, 0.2) is 0 Å². The van der Waals surface area contributed by atoms with Gasteiger partial charge in [-0.3, -0.25) is 0 Å². The Morgan fingerprint density at radius 1 is 1.09 bits per heavy atom. The highest BCUT2D eigenvalue weighted by Gasteiger charge is 2.67. The Labute approximate surface area is 59.4 Å². The summed E-state index contributed by atoms with van der Waals surface area (Å²) in [5, 5.41) is 0. The number of hydrogen-bond acceptors (Lipinski definition) is 1. The first-order valence-corrected chi connectivity index (χ1v) is 2.90. The predicted molar refractivity (Wildman–Crippen MR) is 27.2 cm³/mol. The molecule has 1 nitrogen and oxygen atoms in total. The van der Waals surface area contributed by atoms with Gasteiger partial charge in [0.1, 0.15) is 5.54 Å². The van der Waals surface area contributed by atoms with Crippen LogP contribution in [0.15, 0.2) is 0 Å². The smallest absolute Gasteiger partial charge is 0.317 e. The number of halogens is 5. The molecule has 0 bridgehead atoms. The quantitative estimate of drug-likeness (QED) is 0.557. The van der Waals surface area contributed by atoms with E-state index in [0.29, 0.717) is 0 Å². The molecule has 1 rings (SSSR count). The standard InChI is InChI=1S/C5H6F5N/c6-4(7)1-3(11,2-4)5(8,9)10/h1-2,11H2. The largest absolute Gasteiger partial charge is 0.406 e. The third kappa shape index (κ3) is 1.31. The summed E-state index contributed by atoms with van der Waals surface area (Å²) in [7, 11) is 0. The zero-order valence-corrected chi connectivity index (χ0v) is 5.38. The Hall–Kier alpha value is -0.390. The van der Waals surface area contributed by atoms with Crippen LogP contribution < -0.4 is 5.73 Å². The lowest BCUT2D eigenvalue weighted by Crippen LogP contribution is -2.66. The van der Waals surface area contributed by atoms with Crippen LogP contribution in [0.1, 0.15) is 12.8 Å². The maximum absolute atomic E-state index is 12.0. The molecule has 1 fully saturated rings. The molecule has 1 aliphatic carbocycles. The fraction of sp³-hybridized carbons (Fsp3) is 1.00. The Balaban J connectivity index is 2.64. The lowest BCUT2D eigenvalue weighted by atomic mass is 9.74. The van der Waals surface area contributed by atoms with E-state index >= 15 is 0 Å². The first kappa shape index (κ1) is 8.70. The topological polar surface area (TPSA) is 26.0 Å². The van der Waals surface area contributed by atoms with Gasteiger partial charge in [0.25, 0.3) is 5.92 Å². The maximum atomic E-state index is 12.0. The van der Waals surface area contributed by atoms with Crippen LogP contribution in [-0.4, -0.2) is 17.6 Å².